The van der Waals surface area contributed by atoms with Crippen molar-refractivity contribution >= 4 is 31.6 Å². The molecule has 0 bridgehead atoms. The fourth-order valence-corrected chi connectivity index (χ4v) is 3.18. The number of methoxy groups -OCH3 is 2. The molecule has 25 heavy (non-hydrogen) atoms. The van der Waals surface area contributed by atoms with Crippen molar-refractivity contribution in [1.82, 2.24) is 9.97 Å². The van der Waals surface area contributed by atoms with Gasteiger partial charge in [0, 0.05) is 10.9 Å². The van der Waals surface area contributed by atoms with Crippen molar-refractivity contribution in [1.29, 1.82) is 0 Å². The van der Waals surface area contributed by atoms with Gasteiger partial charge in [0.1, 0.15) is 5.82 Å². The Labute approximate surface area is 151 Å². The van der Waals surface area contributed by atoms with E-state index in [2.05, 4.69) is 25.9 Å². The van der Waals surface area contributed by atoms with E-state index in [4.69, 9.17) is 9.47 Å². The molecule has 0 radical (unpaired) electrons. The lowest BCUT2D eigenvalue weighted by Crippen LogP contribution is -2.21. The van der Waals surface area contributed by atoms with Gasteiger partial charge >= 0.3 is 5.76 Å². The third-order valence-corrected chi connectivity index (χ3v) is 4.69. The molecular weight excluding hydrogens is 424 g/mol. The zero-order valence-electron chi connectivity index (χ0n) is 13.2. The maximum atomic E-state index is 12.7. The summed E-state index contributed by atoms with van der Waals surface area (Å²) in [5.74, 6) is -2.77. The Bertz CT molecular complexity index is 843. The number of nitrogens with one attached hydrogen (secondary N) is 1. The molecule has 0 unspecified atom stereocenters. The molecule has 1 aromatic carbocycles. The Morgan fingerprint density at radius 1 is 1.20 bits per heavy atom. The third-order valence-electron chi connectivity index (χ3n) is 3.07. The molecule has 0 amide bonds. The molecule has 0 fully saturated rings. The van der Waals surface area contributed by atoms with Gasteiger partial charge in [0.15, 0.2) is 0 Å². The van der Waals surface area contributed by atoms with Crippen molar-refractivity contribution in [2.24, 2.45) is 0 Å². The number of hydrogen-bond donors (Lipinski definition) is 1. The first-order chi connectivity index (χ1) is 11.8. The Kier molecular flexibility index (Phi) is 6.11. The van der Waals surface area contributed by atoms with Crippen LogP contribution < -0.4 is 14.2 Å². The Morgan fingerprint density at radius 2 is 1.80 bits per heavy atom. The van der Waals surface area contributed by atoms with Gasteiger partial charge < -0.3 is 9.47 Å². The molecule has 1 N–H and O–H groups in total. The van der Waals surface area contributed by atoms with Crippen LogP contribution in [-0.4, -0.2) is 38.4 Å². The summed E-state index contributed by atoms with van der Waals surface area (Å²) in [6.07, 6.45) is 0.0636. The van der Waals surface area contributed by atoms with Gasteiger partial charge in [-0.2, -0.15) is 18.7 Å². The molecule has 2 aromatic rings. The third kappa shape index (κ3) is 4.75. The lowest BCUT2D eigenvalue weighted by molar-refractivity contribution is 0.236. The van der Waals surface area contributed by atoms with Crippen molar-refractivity contribution in [2.75, 3.05) is 18.9 Å². The maximum absolute atomic E-state index is 12.7. The van der Waals surface area contributed by atoms with Gasteiger partial charge in [-0.1, -0.05) is 12.1 Å². The van der Waals surface area contributed by atoms with Gasteiger partial charge in [0.25, 0.3) is 10.0 Å². The fourth-order valence-electron chi connectivity index (χ4n) is 1.93. The number of halogens is 3. The molecular formula is C14H14BrF2N3O4S. The van der Waals surface area contributed by atoms with E-state index in [1.165, 1.54) is 26.4 Å². The lowest BCUT2D eigenvalue weighted by Gasteiger charge is -2.14. The first-order valence-electron chi connectivity index (χ1n) is 6.80. The Hall–Kier alpha value is -2.01. The van der Waals surface area contributed by atoms with Crippen LogP contribution in [0.15, 0.2) is 28.7 Å². The van der Waals surface area contributed by atoms with Gasteiger partial charge in [0.05, 0.1) is 26.0 Å². The SMILES string of the molecule is COc1cc(OC)nc(Cc2cccc(Br)c2NS(=O)(=O)C(F)F)n1. The van der Waals surface area contributed by atoms with Crippen molar-refractivity contribution in [3.63, 3.8) is 0 Å². The average Bonchev–Trinajstić information content (AvgIpc) is 2.57. The first-order valence-corrected chi connectivity index (χ1v) is 9.14. The van der Waals surface area contributed by atoms with Gasteiger partial charge in [-0.25, -0.2) is 8.42 Å². The summed E-state index contributed by atoms with van der Waals surface area (Å²) in [5.41, 5.74) is 0.391. The number of sulfonamides is 1. The van der Waals surface area contributed by atoms with Crippen LogP contribution in [0.5, 0.6) is 11.8 Å². The molecule has 0 saturated heterocycles. The highest BCUT2D eigenvalue weighted by molar-refractivity contribution is 9.10. The Balaban J connectivity index is 2.43. The van der Waals surface area contributed by atoms with Crippen LogP contribution in [0.3, 0.4) is 0 Å². The van der Waals surface area contributed by atoms with Crippen molar-refractivity contribution in [3.05, 3.63) is 40.1 Å². The summed E-state index contributed by atoms with van der Waals surface area (Å²) < 4.78 is 60.6. The molecule has 7 nitrogen and oxygen atoms in total. The Morgan fingerprint density at radius 3 is 2.32 bits per heavy atom. The molecule has 0 aliphatic rings. The lowest BCUT2D eigenvalue weighted by atomic mass is 10.1. The summed E-state index contributed by atoms with van der Waals surface area (Å²) in [6.45, 7) is 0. The molecule has 2 rings (SSSR count). The largest absolute Gasteiger partial charge is 0.481 e. The van der Waals surface area contributed by atoms with Crippen LogP contribution in [-0.2, 0) is 16.4 Å². The van der Waals surface area contributed by atoms with E-state index in [-0.39, 0.29) is 29.7 Å². The molecule has 136 valence electrons. The van der Waals surface area contributed by atoms with Crippen LogP contribution in [0.2, 0.25) is 0 Å². The second-order valence-corrected chi connectivity index (χ2v) is 7.23. The molecule has 11 heteroatoms. The smallest absolute Gasteiger partial charge is 0.355 e. The number of ether oxygens (including phenoxy) is 2. The van der Waals surface area contributed by atoms with E-state index in [1.807, 2.05) is 4.72 Å². The van der Waals surface area contributed by atoms with E-state index in [1.54, 1.807) is 12.1 Å². The minimum Gasteiger partial charge on any atom is -0.481 e. The monoisotopic (exact) mass is 437 g/mol. The van der Waals surface area contributed by atoms with E-state index in [0.29, 0.717) is 10.0 Å². The van der Waals surface area contributed by atoms with Gasteiger partial charge in [0.2, 0.25) is 11.8 Å². The zero-order chi connectivity index (χ0) is 18.6. The normalized spacial score (nSPS) is 11.4. The maximum Gasteiger partial charge on any atom is 0.355 e. The van der Waals surface area contributed by atoms with E-state index < -0.39 is 15.8 Å². The molecule has 0 aliphatic carbocycles. The summed E-state index contributed by atoms with van der Waals surface area (Å²) in [6, 6.07) is 6.21. The summed E-state index contributed by atoms with van der Waals surface area (Å²) >= 11 is 3.16. The fraction of sp³-hybridized carbons (Fsp3) is 0.286. The number of benzene rings is 1. The highest BCUT2D eigenvalue weighted by atomic mass is 79.9. The van der Waals surface area contributed by atoms with Crippen LogP contribution in [0.1, 0.15) is 11.4 Å². The average molecular weight is 438 g/mol. The van der Waals surface area contributed by atoms with Gasteiger partial charge in [-0.05, 0) is 27.6 Å². The van der Waals surface area contributed by atoms with Crippen LogP contribution >= 0.6 is 15.9 Å². The predicted octanol–water partition coefficient (Wildman–Crippen LogP) is 2.81. The van der Waals surface area contributed by atoms with Crippen LogP contribution in [0, 0.1) is 0 Å². The summed E-state index contributed by atoms with van der Waals surface area (Å²) in [7, 11) is -1.97. The molecule has 0 spiro atoms. The minimum absolute atomic E-state index is 0.00631. The predicted molar refractivity (Wildman–Crippen MR) is 90.6 cm³/mol. The van der Waals surface area contributed by atoms with Crippen molar-refractivity contribution in [2.45, 2.75) is 12.2 Å². The highest BCUT2D eigenvalue weighted by Crippen LogP contribution is 2.30. The number of nitrogens with zero attached hydrogens (tertiary/aromatic N) is 2. The van der Waals surface area contributed by atoms with Crippen LogP contribution in [0.25, 0.3) is 0 Å². The molecule has 0 aliphatic heterocycles. The minimum atomic E-state index is -4.82. The van der Waals surface area contributed by atoms with E-state index >= 15 is 0 Å². The van der Waals surface area contributed by atoms with Gasteiger partial charge in [-0.3, -0.25) is 4.72 Å². The quantitative estimate of drug-likeness (QED) is 0.715. The van der Waals surface area contributed by atoms with E-state index in [0.717, 1.165) is 0 Å². The highest BCUT2D eigenvalue weighted by Gasteiger charge is 2.26. The molecule has 1 aromatic heterocycles. The topological polar surface area (TPSA) is 90.4 Å². The van der Waals surface area contributed by atoms with E-state index in [9.17, 15) is 17.2 Å². The second-order valence-electron chi connectivity index (χ2n) is 4.73. The second kappa shape index (κ2) is 7.91. The summed E-state index contributed by atoms with van der Waals surface area (Å²) in [4.78, 5) is 8.29. The van der Waals surface area contributed by atoms with Crippen molar-refractivity contribution < 1.29 is 26.7 Å². The number of anilines is 1. The number of hydrogen-bond acceptors (Lipinski definition) is 6. The number of alkyl halides is 2. The first kappa shape index (κ1) is 19.3. The standard InChI is InChI=1S/C14H14BrF2N3O4S/c1-23-11-7-12(24-2)19-10(18-11)6-8-4-3-5-9(15)13(8)20-25(21,22)14(16)17/h3-5,7,14,20H,6H2,1-2H3. The summed E-state index contributed by atoms with van der Waals surface area (Å²) in [5, 5.41) is 0. The zero-order valence-corrected chi connectivity index (χ0v) is 15.6. The number of para-hydroxylation sites is 1. The molecule has 1 heterocycles. The number of aromatic nitrogens is 2. The van der Waals surface area contributed by atoms with Crippen LogP contribution in [0.4, 0.5) is 14.5 Å². The molecule has 0 atom stereocenters. The number of rotatable bonds is 7. The van der Waals surface area contributed by atoms with Crippen molar-refractivity contribution in [3.8, 4) is 11.8 Å². The molecule has 0 saturated carbocycles. The van der Waals surface area contributed by atoms with Gasteiger partial charge in [-0.15, -0.1) is 0 Å².